The first-order valence-corrected chi connectivity index (χ1v) is 3.23. The molecule has 1 aromatic carbocycles. The predicted octanol–water partition coefficient (Wildman–Crippen LogP) is 2.26. The van der Waals surface area contributed by atoms with Crippen molar-refractivity contribution in [2.75, 3.05) is 14.2 Å². The van der Waals surface area contributed by atoms with Gasteiger partial charge in [0.1, 0.15) is 0 Å². The quantitative estimate of drug-likeness (QED) is 0.534. The zero-order chi connectivity index (χ0) is 7.82. The zero-order valence-electron chi connectivity index (χ0n) is 6.79. The standard InChI is InChI=1S/C7H8.C2H6O/c1-7-5-3-2-4-6-7;1-3-2/h2-6H,1H3;1-2H3. The Hall–Kier alpha value is -0.820. The Kier molecular flexibility index (Phi) is 5.79. The lowest BCUT2D eigenvalue weighted by molar-refractivity contribution is 0.277. The van der Waals surface area contributed by atoms with Crippen LogP contribution in [0.1, 0.15) is 5.56 Å². The van der Waals surface area contributed by atoms with Gasteiger partial charge < -0.3 is 4.74 Å². The lowest BCUT2D eigenvalue weighted by atomic mass is 10.2. The van der Waals surface area contributed by atoms with E-state index < -0.39 is 0 Å². The molecule has 0 atom stereocenters. The number of methoxy groups -OCH3 is 1. The van der Waals surface area contributed by atoms with Gasteiger partial charge in [-0.3, -0.25) is 0 Å². The molecule has 0 saturated heterocycles. The summed E-state index contributed by atoms with van der Waals surface area (Å²) in [6, 6.07) is 10.3. The number of rotatable bonds is 0. The van der Waals surface area contributed by atoms with Gasteiger partial charge in [0, 0.05) is 14.2 Å². The molecular weight excluding hydrogens is 124 g/mol. The molecule has 0 saturated carbocycles. The minimum absolute atomic E-state index is 1.32. The Labute approximate surface area is 62.6 Å². The van der Waals surface area contributed by atoms with Crippen LogP contribution in [0.15, 0.2) is 30.3 Å². The lowest BCUT2D eigenvalue weighted by Crippen LogP contribution is -1.62. The molecule has 0 bridgehead atoms. The van der Waals surface area contributed by atoms with Crippen LogP contribution in [-0.2, 0) is 4.74 Å². The summed E-state index contributed by atoms with van der Waals surface area (Å²) in [6.07, 6.45) is 0. The molecule has 0 aliphatic carbocycles. The Balaban J connectivity index is 0.000000236. The summed E-state index contributed by atoms with van der Waals surface area (Å²) in [6.45, 7) is 2.08. The summed E-state index contributed by atoms with van der Waals surface area (Å²) in [5.41, 5.74) is 1.32. The van der Waals surface area contributed by atoms with Gasteiger partial charge in [0.15, 0.2) is 0 Å². The van der Waals surface area contributed by atoms with Gasteiger partial charge in [0.25, 0.3) is 0 Å². The van der Waals surface area contributed by atoms with E-state index in [0.29, 0.717) is 0 Å². The maximum atomic E-state index is 4.25. The number of ether oxygens (including phenoxy) is 1. The van der Waals surface area contributed by atoms with Crippen molar-refractivity contribution in [3.05, 3.63) is 35.9 Å². The second-order valence-electron chi connectivity index (χ2n) is 2.06. The molecule has 0 amide bonds. The first-order valence-electron chi connectivity index (χ1n) is 3.23. The summed E-state index contributed by atoms with van der Waals surface area (Å²) in [5.74, 6) is 0. The lowest BCUT2D eigenvalue weighted by Gasteiger charge is -1.82. The van der Waals surface area contributed by atoms with Crippen LogP contribution in [0.25, 0.3) is 0 Å². The van der Waals surface area contributed by atoms with Gasteiger partial charge in [0.05, 0.1) is 0 Å². The van der Waals surface area contributed by atoms with Gasteiger partial charge in [-0.05, 0) is 6.92 Å². The van der Waals surface area contributed by atoms with Crippen molar-refractivity contribution in [3.8, 4) is 0 Å². The molecule has 1 nitrogen and oxygen atoms in total. The third kappa shape index (κ3) is 5.32. The highest BCUT2D eigenvalue weighted by atomic mass is 16.4. The molecule has 0 aliphatic heterocycles. The molecule has 1 aromatic rings. The van der Waals surface area contributed by atoms with Crippen LogP contribution in [0, 0.1) is 6.92 Å². The highest BCUT2D eigenvalue weighted by Gasteiger charge is 1.72. The van der Waals surface area contributed by atoms with E-state index in [2.05, 4.69) is 23.8 Å². The molecule has 0 radical (unpaired) electrons. The van der Waals surface area contributed by atoms with Crippen molar-refractivity contribution in [1.29, 1.82) is 0 Å². The summed E-state index contributed by atoms with van der Waals surface area (Å²) in [7, 11) is 3.25. The third-order valence-electron chi connectivity index (χ3n) is 0.940. The van der Waals surface area contributed by atoms with Crippen LogP contribution < -0.4 is 0 Å². The summed E-state index contributed by atoms with van der Waals surface area (Å²) in [4.78, 5) is 0. The highest BCUT2D eigenvalue weighted by Crippen LogP contribution is 1.92. The van der Waals surface area contributed by atoms with Crippen LogP contribution in [-0.4, -0.2) is 14.2 Å². The topological polar surface area (TPSA) is 9.23 Å². The number of hydrogen-bond donors (Lipinski definition) is 0. The smallest absolute Gasteiger partial charge is 0.0351 e. The number of benzene rings is 1. The second kappa shape index (κ2) is 6.30. The van der Waals surface area contributed by atoms with E-state index >= 15 is 0 Å². The van der Waals surface area contributed by atoms with Gasteiger partial charge in [-0.1, -0.05) is 35.9 Å². The molecule has 0 N–H and O–H groups in total. The maximum absolute atomic E-state index is 4.25. The molecule has 0 spiro atoms. The van der Waals surface area contributed by atoms with Crippen molar-refractivity contribution in [3.63, 3.8) is 0 Å². The van der Waals surface area contributed by atoms with E-state index in [1.807, 2.05) is 18.2 Å². The molecule has 0 fully saturated rings. The maximum Gasteiger partial charge on any atom is 0.0351 e. The fraction of sp³-hybridized carbons (Fsp3) is 0.333. The van der Waals surface area contributed by atoms with Crippen LogP contribution in [0.4, 0.5) is 0 Å². The Morgan fingerprint density at radius 2 is 1.40 bits per heavy atom. The average Bonchev–Trinajstić information content (AvgIpc) is 1.91. The highest BCUT2D eigenvalue weighted by molar-refractivity contribution is 5.11. The van der Waals surface area contributed by atoms with Crippen LogP contribution in [0.2, 0.25) is 0 Å². The van der Waals surface area contributed by atoms with Gasteiger partial charge in [-0.15, -0.1) is 0 Å². The fourth-order valence-corrected chi connectivity index (χ4v) is 0.534. The second-order valence-corrected chi connectivity index (χ2v) is 2.06. The largest absolute Gasteiger partial charge is 0.388 e. The van der Waals surface area contributed by atoms with Crippen LogP contribution in [0.5, 0.6) is 0 Å². The normalized spacial score (nSPS) is 7.90. The molecule has 10 heavy (non-hydrogen) atoms. The van der Waals surface area contributed by atoms with Crippen molar-refractivity contribution < 1.29 is 4.74 Å². The predicted molar refractivity (Wildman–Crippen MR) is 44.1 cm³/mol. The number of hydrogen-bond acceptors (Lipinski definition) is 1. The first-order chi connectivity index (χ1) is 4.81. The van der Waals surface area contributed by atoms with Gasteiger partial charge in [0.2, 0.25) is 0 Å². The van der Waals surface area contributed by atoms with E-state index in [4.69, 9.17) is 0 Å². The molecule has 0 aliphatic rings. The Morgan fingerprint density at radius 3 is 1.60 bits per heavy atom. The van der Waals surface area contributed by atoms with Crippen molar-refractivity contribution in [2.45, 2.75) is 6.92 Å². The van der Waals surface area contributed by atoms with Crippen molar-refractivity contribution in [2.24, 2.45) is 0 Å². The SMILES string of the molecule is COC.Cc1ccccc1. The third-order valence-corrected chi connectivity index (χ3v) is 0.940. The molecular formula is C9H14O. The van der Waals surface area contributed by atoms with E-state index in [0.717, 1.165) is 0 Å². The molecule has 56 valence electrons. The van der Waals surface area contributed by atoms with Crippen molar-refractivity contribution >= 4 is 0 Å². The summed E-state index contributed by atoms with van der Waals surface area (Å²) < 4.78 is 4.25. The van der Waals surface area contributed by atoms with Gasteiger partial charge >= 0.3 is 0 Å². The summed E-state index contributed by atoms with van der Waals surface area (Å²) >= 11 is 0. The minimum Gasteiger partial charge on any atom is -0.388 e. The number of aryl methyl sites for hydroxylation is 1. The fourth-order valence-electron chi connectivity index (χ4n) is 0.534. The van der Waals surface area contributed by atoms with E-state index in [1.54, 1.807) is 14.2 Å². The van der Waals surface area contributed by atoms with Crippen LogP contribution in [0.3, 0.4) is 0 Å². The Morgan fingerprint density at radius 1 is 1.00 bits per heavy atom. The Bertz CT molecular complexity index is 146. The van der Waals surface area contributed by atoms with E-state index in [1.165, 1.54) is 5.56 Å². The molecule has 1 heteroatoms. The summed E-state index contributed by atoms with van der Waals surface area (Å²) in [5, 5.41) is 0. The molecule has 0 unspecified atom stereocenters. The minimum atomic E-state index is 1.32. The van der Waals surface area contributed by atoms with Gasteiger partial charge in [-0.2, -0.15) is 0 Å². The molecule has 0 aromatic heterocycles. The molecule has 0 heterocycles. The van der Waals surface area contributed by atoms with Crippen LogP contribution >= 0.6 is 0 Å². The van der Waals surface area contributed by atoms with E-state index in [-0.39, 0.29) is 0 Å². The van der Waals surface area contributed by atoms with Gasteiger partial charge in [-0.25, -0.2) is 0 Å². The molecule has 1 rings (SSSR count). The zero-order valence-corrected chi connectivity index (χ0v) is 6.79. The average molecular weight is 138 g/mol. The van der Waals surface area contributed by atoms with Crippen molar-refractivity contribution in [1.82, 2.24) is 0 Å². The monoisotopic (exact) mass is 138 g/mol. The first kappa shape index (κ1) is 9.18. The van der Waals surface area contributed by atoms with E-state index in [9.17, 15) is 0 Å².